The molecule has 3 aromatic rings. The fraction of sp³-hybridized carbons (Fsp3) is 0.176. The van der Waals surface area contributed by atoms with Crippen molar-refractivity contribution in [3.8, 4) is 0 Å². The summed E-state index contributed by atoms with van der Waals surface area (Å²) in [6.45, 7) is 0.202. The summed E-state index contributed by atoms with van der Waals surface area (Å²) >= 11 is 1.55. The molecule has 0 aliphatic carbocycles. The molecule has 4 nitrogen and oxygen atoms in total. The SMILES string of the molecule is CN(C)c1ccc(C(=O)OCc2nc3ccccc3s2)cc1. The molecule has 0 amide bonds. The molecule has 0 aliphatic heterocycles. The first-order chi connectivity index (χ1) is 10.6. The first-order valence-corrected chi connectivity index (χ1v) is 7.74. The van der Waals surface area contributed by atoms with Gasteiger partial charge in [0.1, 0.15) is 11.6 Å². The Labute approximate surface area is 133 Å². The van der Waals surface area contributed by atoms with E-state index < -0.39 is 0 Å². The maximum atomic E-state index is 12.1. The average molecular weight is 312 g/mol. The number of anilines is 1. The van der Waals surface area contributed by atoms with Crippen LogP contribution in [0.4, 0.5) is 5.69 Å². The minimum absolute atomic E-state index is 0.202. The summed E-state index contributed by atoms with van der Waals surface area (Å²) in [5.41, 5.74) is 2.53. The molecule has 0 spiro atoms. The lowest BCUT2D eigenvalue weighted by Crippen LogP contribution is -2.09. The maximum absolute atomic E-state index is 12.1. The Morgan fingerprint density at radius 2 is 1.86 bits per heavy atom. The molecule has 0 aliphatic rings. The number of hydrogen-bond acceptors (Lipinski definition) is 5. The van der Waals surface area contributed by atoms with Gasteiger partial charge < -0.3 is 9.64 Å². The Kier molecular flexibility index (Phi) is 4.06. The van der Waals surface area contributed by atoms with Crippen molar-refractivity contribution in [1.29, 1.82) is 0 Å². The molecule has 0 saturated carbocycles. The predicted molar refractivity (Wildman–Crippen MR) is 89.5 cm³/mol. The van der Waals surface area contributed by atoms with Gasteiger partial charge in [-0.2, -0.15) is 0 Å². The van der Waals surface area contributed by atoms with E-state index in [0.29, 0.717) is 5.56 Å². The largest absolute Gasteiger partial charge is 0.455 e. The molecule has 0 N–H and O–H groups in total. The number of carbonyl (C=O) groups is 1. The smallest absolute Gasteiger partial charge is 0.338 e. The lowest BCUT2D eigenvalue weighted by molar-refractivity contribution is 0.0472. The number of esters is 1. The zero-order chi connectivity index (χ0) is 15.5. The van der Waals surface area contributed by atoms with Crippen molar-refractivity contribution in [3.63, 3.8) is 0 Å². The second-order valence-corrected chi connectivity index (χ2v) is 6.21. The minimum Gasteiger partial charge on any atom is -0.455 e. The molecule has 0 saturated heterocycles. The normalized spacial score (nSPS) is 10.6. The summed E-state index contributed by atoms with van der Waals surface area (Å²) in [5.74, 6) is -0.329. The Balaban J connectivity index is 1.66. The van der Waals surface area contributed by atoms with Crippen LogP contribution in [0, 0.1) is 0 Å². The van der Waals surface area contributed by atoms with Crippen molar-refractivity contribution in [1.82, 2.24) is 4.98 Å². The summed E-state index contributed by atoms with van der Waals surface area (Å²) in [6.07, 6.45) is 0. The zero-order valence-corrected chi connectivity index (χ0v) is 13.3. The van der Waals surface area contributed by atoms with Crippen LogP contribution in [-0.4, -0.2) is 25.0 Å². The highest BCUT2D eigenvalue weighted by molar-refractivity contribution is 7.18. The van der Waals surface area contributed by atoms with Crippen LogP contribution in [-0.2, 0) is 11.3 Å². The molecule has 112 valence electrons. The number of ether oxygens (including phenoxy) is 1. The van der Waals surface area contributed by atoms with Crippen molar-refractivity contribution in [2.45, 2.75) is 6.61 Å². The Hall–Kier alpha value is -2.40. The number of para-hydroxylation sites is 1. The molecule has 22 heavy (non-hydrogen) atoms. The minimum atomic E-state index is -0.329. The second kappa shape index (κ2) is 6.15. The predicted octanol–water partition coefficient (Wildman–Crippen LogP) is 3.72. The Morgan fingerprint density at radius 1 is 1.14 bits per heavy atom. The number of rotatable bonds is 4. The zero-order valence-electron chi connectivity index (χ0n) is 12.4. The molecule has 0 fully saturated rings. The number of carbonyl (C=O) groups excluding carboxylic acids is 1. The van der Waals surface area contributed by atoms with Crippen molar-refractivity contribution in [2.24, 2.45) is 0 Å². The molecule has 0 radical (unpaired) electrons. The van der Waals surface area contributed by atoms with Gasteiger partial charge in [0.25, 0.3) is 0 Å². The molecule has 1 aromatic heterocycles. The van der Waals surface area contributed by atoms with E-state index in [4.69, 9.17) is 4.74 Å². The quantitative estimate of drug-likeness (QED) is 0.689. The number of aromatic nitrogens is 1. The Bertz CT molecular complexity index is 761. The molecule has 3 rings (SSSR count). The van der Waals surface area contributed by atoms with Crippen LogP contribution in [0.25, 0.3) is 10.2 Å². The fourth-order valence-corrected chi connectivity index (χ4v) is 2.97. The van der Waals surface area contributed by atoms with Gasteiger partial charge in [-0.3, -0.25) is 0 Å². The van der Waals surface area contributed by atoms with E-state index in [0.717, 1.165) is 20.9 Å². The summed E-state index contributed by atoms with van der Waals surface area (Å²) in [4.78, 5) is 18.5. The van der Waals surface area contributed by atoms with Gasteiger partial charge in [-0.05, 0) is 36.4 Å². The maximum Gasteiger partial charge on any atom is 0.338 e. The third-order valence-corrected chi connectivity index (χ3v) is 4.29. The number of fused-ring (bicyclic) bond motifs is 1. The highest BCUT2D eigenvalue weighted by atomic mass is 32.1. The average Bonchev–Trinajstić information content (AvgIpc) is 2.95. The third-order valence-electron chi connectivity index (χ3n) is 3.28. The van der Waals surface area contributed by atoms with E-state index in [2.05, 4.69) is 4.98 Å². The molecular formula is C17H16N2O2S. The Morgan fingerprint density at radius 3 is 2.55 bits per heavy atom. The van der Waals surface area contributed by atoms with Crippen LogP contribution in [0.3, 0.4) is 0 Å². The van der Waals surface area contributed by atoms with Crippen LogP contribution in [0.1, 0.15) is 15.4 Å². The van der Waals surface area contributed by atoms with E-state index in [1.807, 2.05) is 55.4 Å². The fourth-order valence-electron chi connectivity index (χ4n) is 2.09. The van der Waals surface area contributed by atoms with Crippen LogP contribution < -0.4 is 4.90 Å². The van der Waals surface area contributed by atoms with Gasteiger partial charge in [-0.15, -0.1) is 11.3 Å². The van der Waals surface area contributed by atoms with Gasteiger partial charge >= 0.3 is 5.97 Å². The highest BCUT2D eigenvalue weighted by Crippen LogP contribution is 2.22. The van der Waals surface area contributed by atoms with Gasteiger partial charge in [0.05, 0.1) is 15.8 Å². The third kappa shape index (κ3) is 3.09. The van der Waals surface area contributed by atoms with Crippen LogP contribution in [0.2, 0.25) is 0 Å². The number of thiazole rings is 1. The highest BCUT2D eigenvalue weighted by Gasteiger charge is 2.10. The monoisotopic (exact) mass is 312 g/mol. The van der Waals surface area contributed by atoms with Crippen molar-refractivity contribution in [3.05, 3.63) is 59.1 Å². The van der Waals surface area contributed by atoms with Gasteiger partial charge in [0.15, 0.2) is 0 Å². The van der Waals surface area contributed by atoms with Crippen LogP contribution in [0.15, 0.2) is 48.5 Å². The lowest BCUT2D eigenvalue weighted by Gasteiger charge is -2.12. The first kappa shape index (κ1) is 14.5. The summed E-state index contributed by atoms with van der Waals surface area (Å²) in [6, 6.07) is 15.2. The van der Waals surface area contributed by atoms with Crippen molar-refractivity contribution >= 4 is 33.2 Å². The van der Waals surface area contributed by atoms with Gasteiger partial charge in [-0.25, -0.2) is 9.78 Å². The van der Waals surface area contributed by atoms with Crippen LogP contribution >= 0.6 is 11.3 Å². The molecule has 2 aromatic carbocycles. The topological polar surface area (TPSA) is 42.4 Å². The number of nitrogens with zero attached hydrogens (tertiary/aromatic N) is 2. The second-order valence-electron chi connectivity index (χ2n) is 5.09. The number of hydrogen-bond donors (Lipinski definition) is 0. The molecule has 0 unspecified atom stereocenters. The van der Waals surface area contributed by atoms with E-state index in [1.165, 1.54) is 0 Å². The van der Waals surface area contributed by atoms with Crippen molar-refractivity contribution < 1.29 is 9.53 Å². The standard InChI is InChI=1S/C17H16N2O2S/c1-19(2)13-9-7-12(8-10-13)17(20)21-11-16-18-14-5-3-4-6-15(14)22-16/h3-10H,11H2,1-2H3. The molecular weight excluding hydrogens is 296 g/mol. The van der Waals surface area contributed by atoms with Gasteiger partial charge in [0.2, 0.25) is 0 Å². The molecule has 0 atom stereocenters. The van der Waals surface area contributed by atoms with E-state index in [9.17, 15) is 4.79 Å². The van der Waals surface area contributed by atoms with E-state index >= 15 is 0 Å². The summed E-state index contributed by atoms with van der Waals surface area (Å²) < 4.78 is 6.44. The van der Waals surface area contributed by atoms with Gasteiger partial charge in [-0.1, -0.05) is 12.1 Å². The lowest BCUT2D eigenvalue weighted by atomic mass is 10.2. The van der Waals surface area contributed by atoms with E-state index in [1.54, 1.807) is 23.5 Å². The summed E-state index contributed by atoms with van der Waals surface area (Å²) in [7, 11) is 3.92. The van der Waals surface area contributed by atoms with Gasteiger partial charge in [0, 0.05) is 19.8 Å². The molecule has 0 bridgehead atoms. The molecule has 1 heterocycles. The molecule has 5 heteroatoms. The first-order valence-electron chi connectivity index (χ1n) is 6.92. The summed E-state index contributed by atoms with van der Waals surface area (Å²) in [5, 5.41) is 0.805. The van der Waals surface area contributed by atoms with Crippen molar-refractivity contribution in [2.75, 3.05) is 19.0 Å². The van der Waals surface area contributed by atoms with Crippen LogP contribution in [0.5, 0.6) is 0 Å². The number of benzene rings is 2. The van der Waals surface area contributed by atoms with E-state index in [-0.39, 0.29) is 12.6 Å².